The molecule has 134 valence electrons. The van der Waals surface area contributed by atoms with Crippen LogP contribution in [0.2, 0.25) is 0 Å². The molecule has 0 fully saturated rings. The van der Waals surface area contributed by atoms with Crippen molar-refractivity contribution in [3.8, 4) is 22.4 Å². The molecule has 0 amide bonds. The van der Waals surface area contributed by atoms with Crippen molar-refractivity contribution in [2.24, 2.45) is 0 Å². The Bertz CT molecular complexity index is 1120. The topological polar surface area (TPSA) is 53.1 Å². The third-order valence-corrected chi connectivity index (χ3v) is 5.08. The Balaban J connectivity index is 1.87. The van der Waals surface area contributed by atoms with Crippen LogP contribution in [0.15, 0.2) is 66.7 Å². The Labute approximate surface area is 158 Å². The predicted octanol–water partition coefficient (Wildman–Crippen LogP) is 5.75. The molecule has 3 heteroatoms. The van der Waals surface area contributed by atoms with Gasteiger partial charge in [0, 0.05) is 10.9 Å². The summed E-state index contributed by atoms with van der Waals surface area (Å²) >= 11 is 0. The molecular weight excluding hydrogens is 334 g/mol. The number of rotatable bonds is 4. The van der Waals surface area contributed by atoms with Gasteiger partial charge in [-0.3, -0.25) is 4.79 Å². The van der Waals surface area contributed by atoms with E-state index >= 15 is 0 Å². The molecule has 0 aliphatic rings. The first-order valence-corrected chi connectivity index (χ1v) is 9.03. The molecule has 2 N–H and O–H groups in total. The third kappa shape index (κ3) is 3.13. The lowest BCUT2D eigenvalue weighted by atomic mass is 9.97. The Morgan fingerprint density at radius 3 is 2.07 bits per heavy atom. The molecule has 3 aromatic carbocycles. The molecule has 0 unspecified atom stereocenters. The van der Waals surface area contributed by atoms with Gasteiger partial charge in [-0.2, -0.15) is 0 Å². The highest BCUT2D eigenvalue weighted by Crippen LogP contribution is 2.35. The first kappa shape index (κ1) is 17.1. The van der Waals surface area contributed by atoms with Gasteiger partial charge in [-0.15, -0.1) is 0 Å². The van der Waals surface area contributed by atoms with Gasteiger partial charge in [0.05, 0.1) is 12.1 Å². The summed E-state index contributed by atoms with van der Waals surface area (Å²) in [5.41, 5.74) is 8.29. The molecule has 0 radical (unpaired) electrons. The first-order chi connectivity index (χ1) is 13.0. The molecular formula is C24H21NO2. The quantitative estimate of drug-likeness (QED) is 0.490. The number of carbonyl (C=O) groups is 1. The summed E-state index contributed by atoms with van der Waals surface area (Å²) < 4.78 is 0. The highest BCUT2D eigenvalue weighted by atomic mass is 16.4. The summed E-state index contributed by atoms with van der Waals surface area (Å²) in [4.78, 5) is 15.0. The molecule has 0 bridgehead atoms. The van der Waals surface area contributed by atoms with Crippen molar-refractivity contribution in [2.45, 2.75) is 20.3 Å². The standard InChI is InChI=1S/C24H21NO2/c1-15-8-9-16(2)23-22(15)20(14-21(26)27)24(25-23)19-12-10-18(11-13-19)17-6-4-3-5-7-17/h3-13,25H,14H2,1-2H3,(H,26,27). The first-order valence-electron chi connectivity index (χ1n) is 9.03. The van der Waals surface area contributed by atoms with E-state index in [4.69, 9.17) is 0 Å². The molecule has 0 atom stereocenters. The number of carboxylic acids is 1. The van der Waals surface area contributed by atoms with E-state index in [2.05, 4.69) is 53.5 Å². The third-order valence-electron chi connectivity index (χ3n) is 5.08. The summed E-state index contributed by atoms with van der Waals surface area (Å²) in [7, 11) is 0. The second-order valence-corrected chi connectivity index (χ2v) is 6.94. The summed E-state index contributed by atoms with van der Waals surface area (Å²) in [5, 5.41) is 10.5. The fourth-order valence-electron chi connectivity index (χ4n) is 3.72. The smallest absolute Gasteiger partial charge is 0.307 e. The number of aryl methyl sites for hydroxylation is 2. The Morgan fingerprint density at radius 2 is 1.41 bits per heavy atom. The molecule has 27 heavy (non-hydrogen) atoms. The number of aromatic amines is 1. The van der Waals surface area contributed by atoms with Crippen LogP contribution in [0.1, 0.15) is 16.7 Å². The maximum atomic E-state index is 11.5. The molecule has 0 saturated carbocycles. The van der Waals surface area contributed by atoms with Crippen molar-refractivity contribution in [1.29, 1.82) is 0 Å². The number of aliphatic carboxylic acids is 1. The minimum absolute atomic E-state index is 0.0000629. The number of H-pyrrole nitrogens is 1. The second-order valence-electron chi connectivity index (χ2n) is 6.94. The Kier molecular flexibility index (Phi) is 4.28. The van der Waals surface area contributed by atoms with Crippen molar-refractivity contribution in [1.82, 2.24) is 4.98 Å². The molecule has 0 saturated heterocycles. The number of hydrogen-bond donors (Lipinski definition) is 2. The van der Waals surface area contributed by atoms with Crippen LogP contribution in [-0.2, 0) is 11.2 Å². The van der Waals surface area contributed by atoms with Gasteiger partial charge in [-0.25, -0.2) is 0 Å². The SMILES string of the molecule is Cc1ccc(C)c2c(CC(=O)O)c(-c3ccc(-c4ccccc4)cc3)[nH]c12. The molecule has 3 nitrogen and oxygen atoms in total. The number of benzene rings is 3. The monoisotopic (exact) mass is 355 g/mol. The Hall–Kier alpha value is -3.33. The van der Waals surface area contributed by atoms with Crippen molar-refractivity contribution in [2.75, 3.05) is 0 Å². The van der Waals surface area contributed by atoms with Gasteiger partial charge in [0.2, 0.25) is 0 Å². The summed E-state index contributed by atoms with van der Waals surface area (Å²) in [6, 6.07) is 22.6. The van der Waals surface area contributed by atoms with Gasteiger partial charge >= 0.3 is 5.97 Å². The van der Waals surface area contributed by atoms with E-state index in [9.17, 15) is 9.90 Å². The Morgan fingerprint density at radius 1 is 0.815 bits per heavy atom. The van der Waals surface area contributed by atoms with Crippen molar-refractivity contribution in [3.05, 3.63) is 83.4 Å². The number of nitrogens with one attached hydrogen (secondary N) is 1. The maximum absolute atomic E-state index is 11.5. The van der Waals surface area contributed by atoms with Crippen molar-refractivity contribution in [3.63, 3.8) is 0 Å². The molecule has 4 rings (SSSR count). The van der Waals surface area contributed by atoms with Gasteiger partial charge in [-0.1, -0.05) is 66.7 Å². The van der Waals surface area contributed by atoms with Crippen molar-refractivity contribution < 1.29 is 9.90 Å². The van der Waals surface area contributed by atoms with Gasteiger partial charge < -0.3 is 10.1 Å². The summed E-state index contributed by atoms with van der Waals surface area (Å²) in [6.07, 6.45) is 0.0000629. The zero-order chi connectivity index (χ0) is 19.0. The largest absolute Gasteiger partial charge is 0.481 e. The van der Waals surface area contributed by atoms with Gasteiger partial charge in [0.15, 0.2) is 0 Å². The van der Waals surface area contributed by atoms with Crippen LogP contribution in [-0.4, -0.2) is 16.1 Å². The lowest BCUT2D eigenvalue weighted by Crippen LogP contribution is -2.01. The lowest BCUT2D eigenvalue weighted by Gasteiger charge is -2.06. The molecule has 0 aliphatic heterocycles. The van der Waals surface area contributed by atoms with Crippen LogP contribution in [0.4, 0.5) is 0 Å². The predicted molar refractivity (Wildman–Crippen MR) is 110 cm³/mol. The van der Waals surface area contributed by atoms with Crippen LogP contribution in [0.25, 0.3) is 33.3 Å². The number of aromatic nitrogens is 1. The highest BCUT2D eigenvalue weighted by Gasteiger charge is 2.18. The normalized spacial score (nSPS) is 11.0. The molecule has 1 aromatic heterocycles. The molecule has 0 aliphatic carbocycles. The molecule has 1 heterocycles. The summed E-state index contributed by atoms with van der Waals surface area (Å²) in [5.74, 6) is -0.820. The maximum Gasteiger partial charge on any atom is 0.307 e. The molecule has 0 spiro atoms. The van der Waals surface area contributed by atoms with Crippen LogP contribution in [0.3, 0.4) is 0 Å². The average molecular weight is 355 g/mol. The number of fused-ring (bicyclic) bond motifs is 1. The van der Waals surface area contributed by atoms with E-state index in [1.165, 1.54) is 0 Å². The van der Waals surface area contributed by atoms with Crippen LogP contribution in [0, 0.1) is 13.8 Å². The summed E-state index contributed by atoms with van der Waals surface area (Å²) in [6.45, 7) is 4.08. The van der Waals surface area contributed by atoms with E-state index in [0.717, 1.165) is 50.0 Å². The van der Waals surface area contributed by atoms with Crippen LogP contribution < -0.4 is 0 Å². The van der Waals surface area contributed by atoms with Crippen molar-refractivity contribution >= 4 is 16.9 Å². The minimum Gasteiger partial charge on any atom is -0.481 e. The molecule has 4 aromatic rings. The van der Waals surface area contributed by atoms with Gasteiger partial charge in [-0.05, 0) is 47.2 Å². The highest BCUT2D eigenvalue weighted by molar-refractivity contribution is 5.97. The van der Waals surface area contributed by atoms with E-state index in [1.807, 2.05) is 32.0 Å². The van der Waals surface area contributed by atoms with Gasteiger partial charge in [0.25, 0.3) is 0 Å². The number of hydrogen-bond acceptors (Lipinski definition) is 1. The van der Waals surface area contributed by atoms with Crippen LogP contribution in [0.5, 0.6) is 0 Å². The lowest BCUT2D eigenvalue weighted by molar-refractivity contribution is -0.136. The van der Waals surface area contributed by atoms with E-state index in [1.54, 1.807) is 0 Å². The van der Waals surface area contributed by atoms with E-state index in [0.29, 0.717) is 0 Å². The van der Waals surface area contributed by atoms with E-state index < -0.39 is 5.97 Å². The van der Waals surface area contributed by atoms with Gasteiger partial charge in [0.1, 0.15) is 0 Å². The van der Waals surface area contributed by atoms with E-state index in [-0.39, 0.29) is 6.42 Å². The fraction of sp³-hybridized carbons (Fsp3) is 0.125. The average Bonchev–Trinajstić information content (AvgIpc) is 3.05. The van der Waals surface area contributed by atoms with Crippen LogP contribution >= 0.6 is 0 Å². The minimum atomic E-state index is -0.820. The zero-order valence-electron chi connectivity index (χ0n) is 15.4. The second kappa shape index (κ2) is 6.76. The number of carboxylic acid groups (broad SMARTS) is 1. The fourth-order valence-corrected chi connectivity index (χ4v) is 3.72. The zero-order valence-corrected chi connectivity index (χ0v) is 15.4.